The topological polar surface area (TPSA) is 52.9 Å². The van der Waals surface area contributed by atoms with E-state index in [1.165, 1.54) is 6.07 Å². The van der Waals surface area contributed by atoms with Gasteiger partial charge in [0.2, 0.25) is 0 Å². The van der Waals surface area contributed by atoms with Crippen molar-refractivity contribution in [2.24, 2.45) is 5.92 Å². The van der Waals surface area contributed by atoms with Crippen LogP contribution in [0.4, 0.5) is 13.2 Å². The van der Waals surface area contributed by atoms with Crippen molar-refractivity contribution in [1.82, 2.24) is 5.32 Å². The first-order chi connectivity index (χ1) is 10.9. The van der Waals surface area contributed by atoms with Crippen LogP contribution in [-0.4, -0.2) is 17.9 Å². The Hall–Kier alpha value is -1.87. The van der Waals surface area contributed by atoms with Crippen molar-refractivity contribution in [3.8, 4) is 6.07 Å². The first kappa shape index (κ1) is 16.0. The van der Waals surface area contributed by atoms with Gasteiger partial charge in [0.15, 0.2) is 5.78 Å². The molecule has 2 atom stereocenters. The van der Waals surface area contributed by atoms with Crippen LogP contribution in [0.15, 0.2) is 18.2 Å². The molecular weight excluding hydrogens is 305 g/mol. The molecular formula is C17H17F3N2O. The fraction of sp³-hybridized carbons (Fsp3) is 0.529. The lowest BCUT2D eigenvalue weighted by atomic mass is 9.76. The van der Waals surface area contributed by atoms with Crippen molar-refractivity contribution >= 4 is 5.78 Å². The van der Waals surface area contributed by atoms with Gasteiger partial charge in [-0.3, -0.25) is 4.79 Å². The molecule has 1 aromatic carbocycles. The Morgan fingerprint density at radius 2 is 1.87 bits per heavy atom. The number of nitriles is 1. The summed E-state index contributed by atoms with van der Waals surface area (Å²) in [6.07, 6.45) is -0.409. The smallest absolute Gasteiger partial charge is 0.311 e. The zero-order chi connectivity index (χ0) is 16.6. The third kappa shape index (κ3) is 3.25. The Kier molecular flexibility index (Phi) is 4.15. The van der Waals surface area contributed by atoms with E-state index in [1.54, 1.807) is 6.07 Å². The SMILES string of the molecule is N#Cc1ccc(C(=O)C2CC3CCCC(C2)N3)c(C(F)(F)F)c1. The predicted molar refractivity (Wildman–Crippen MR) is 77.8 cm³/mol. The number of nitrogens with one attached hydrogen (secondary N) is 1. The van der Waals surface area contributed by atoms with Crippen molar-refractivity contribution in [2.45, 2.75) is 50.4 Å². The summed E-state index contributed by atoms with van der Waals surface area (Å²) in [5.74, 6) is -0.819. The van der Waals surface area contributed by atoms with Gasteiger partial charge in [-0.05, 0) is 43.9 Å². The van der Waals surface area contributed by atoms with Crippen LogP contribution >= 0.6 is 0 Å². The van der Waals surface area contributed by atoms with Gasteiger partial charge in [0.25, 0.3) is 0 Å². The first-order valence-corrected chi connectivity index (χ1v) is 7.80. The van der Waals surface area contributed by atoms with Crippen LogP contribution in [0.1, 0.15) is 53.6 Å². The van der Waals surface area contributed by atoms with Crippen LogP contribution in [-0.2, 0) is 6.18 Å². The van der Waals surface area contributed by atoms with Crippen molar-refractivity contribution < 1.29 is 18.0 Å². The Morgan fingerprint density at radius 1 is 1.22 bits per heavy atom. The molecule has 2 aliphatic rings. The highest BCUT2D eigenvalue weighted by molar-refractivity contribution is 5.99. The maximum atomic E-state index is 13.2. The van der Waals surface area contributed by atoms with Gasteiger partial charge in [0.05, 0.1) is 17.2 Å². The van der Waals surface area contributed by atoms with Crippen molar-refractivity contribution in [3.63, 3.8) is 0 Å². The summed E-state index contributed by atoms with van der Waals surface area (Å²) in [5, 5.41) is 12.2. The molecule has 2 bridgehead atoms. The van der Waals surface area contributed by atoms with Gasteiger partial charge in [0.1, 0.15) is 0 Å². The number of carbonyl (C=O) groups is 1. The van der Waals surface area contributed by atoms with Gasteiger partial charge >= 0.3 is 6.18 Å². The van der Waals surface area contributed by atoms with E-state index >= 15 is 0 Å². The first-order valence-electron chi connectivity index (χ1n) is 7.80. The number of alkyl halides is 3. The van der Waals surface area contributed by atoms with E-state index in [-0.39, 0.29) is 29.1 Å². The molecule has 122 valence electrons. The summed E-state index contributed by atoms with van der Waals surface area (Å²) >= 11 is 0. The third-order valence-electron chi connectivity index (χ3n) is 4.80. The van der Waals surface area contributed by atoms with E-state index in [1.807, 2.05) is 0 Å². The van der Waals surface area contributed by atoms with Gasteiger partial charge in [-0.15, -0.1) is 0 Å². The van der Waals surface area contributed by atoms with Gasteiger partial charge in [-0.1, -0.05) is 6.42 Å². The van der Waals surface area contributed by atoms with Gasteiger partial charge in [-0.25, -0.2) is 0 Å². The van der Waals surface area contributed by atoms with Gasteiger partial charge < -0.3 is 5.32 Å². The summed E-state index contributed by atoms with van der Waals surface area (Å²) in [7, 11) is 0. The number of hydrogen-bond donors (Lipinski definition) is 1. The van der Waals surface area contributed by atoms with Crippen LogP contribution in [0.3, 0.4) is 0 Å². The number of fused-ring (bicyclic) bond motifs is 2. The third-order valence-corrected chi connectivity index (χ3v) is 4.80. The molecule has 3 nitrogen and oxygen atoms in total. The van der Waals surface area contributed by atoms with Crippen molar-refractivity contribution in [2.75, 3.05) is 0 Å². The second-order valence-electron chi connectivity index (χ2n) is 6.39. The van der Waals surface area contributed by atoms with Crippen LogP contribution in [0.5, 0.6) is 0 Å². The lowest BCUT2D eigenvalue weighted by molar-refractivity contribution is -0.138. The summed E-state index contributed by atoms with van der Waals surface area (Å²) < 4.78 is 39.7. The van der Waals surface area contributed by atoms with Gasteiger partial charge in [-0.2, -0.15) is 18.4 Å². The van der Waals surface area contributed by atoms with E-state index in [0.717, 1.165) is 31.4 Å². The average Bonchev–Trinajstić information content (AvgIpc) is 2.52. The Morgan fingerprint density at radius 3 is 2.43 bits per heavy atom. The number of piperidine rings is 2. The largest absolute Gasteiger partial charge is 0.417 e. The standard InChI is InChI=1S/C17H17F3N2O/c18-17(19,20)15-6-10(9-21)4-5-14(15)16(23)11-7-12-2-1-3-13(8-11)22-12/h4-6,11-13,22H,1-3,7-8H2. The predicted octanol–water partition coefficient (Wildman–Crippen LogP) is 3.68. The fourth-order valence-electron chi connectivity index (χ4n) is 3.76. The van der Waals surface area contributed by atoms with E-state index < -0.39 is 17.5 Å². The Balaban J connectivity index is 1.92. The van der Waals surface area contributed by atoms with Crippen LogP contribution < -0.4 is 5.32 Å². The van der Waals surface area contributed by atoms with E-state index in [9.17, 15) is 18.0 Å². The highest BCUT2D eigenvalue weighted by Crippen LogP contribution is 2.37. The number of Topliss-reactive ketones (excluding diaryl/α,β-unsaturated/α-hetero) is 1. The minimum Gasteiger partial charge on any atom is -0.311 e. The molecule has 1 aromatic rings. The normalized spacial score (nSPS) is 27.3. The highest BCUT2D eigenvalue weighted by atomic mass is 19.4. The number of carbonyl (C=O) groups excluding carboxylic acids is 1. The number of rotatable bonds is 2. The maximum absolute atomic E-state index is 13.2. The summed E-state index contributed by atoms with van der Waals surface area (Å²) in [6.45, 7) is 0. The van der Waals surface area contributed by atoms with Crippen LogP contribution in [0, 0.1) is 17.2 Å². The van der Waals surface area contributed by atoms with Crippen LogP contribution in [0.2, 0.25) is 0 Å². The second-order valence-corrected chi connectivity index (χ2v) is 6.39. The number of hydrogen-bond acceptors (Lipinski definition) is 3. The quantitative estimate of drug-likeness (QED) is 0.845. The minimum atomic E-state index is -4.64. The molecule has 6 heteroatoms. The molecule has 0 amide bonds. The van der Waals surface area contributed by atoms with Crippen LogP contribution in [0.25, 0.3) is 0 Å². The van der Waals surface area contributed by atoms with E-state index in [4.69, 9.17) is 5.26 Å². The molecule has 0 aliphatic carbocycles. The fourth-order valence-corrected chi connectivity index (χ4v) is 3.76. The van der Waals surface area contributed by atoms with E-state index in [0.29, 0.717) is 12.8 Å². The lowest BCUT2D eigenvalue weighted by Crippen LogP contribution is -2.50. The molecule has 2 aliphatic heterocycles. The number of halogens is 3. The molecule has 2 heterocycles. The molecule has 0 radical (unpaired) electrons. The molecule has 1 N–H and O–H groups in total. The zero-order valence-corrected chi connectivity index (χ0v) is 12.5. The summed E-state index contributed by atoms with van der Waals surface area (Å²) in [6, 6.07) is 5.36. The average molecular weight is 322 g/mol. The molecule has 2 saturated heterocycles. The number of nitrogens with zero attached hydrogens (tertiary/aromatic N) is 1. The van der Waals surface area contributed by atoms with E-state index in [2.05, 4.69) is 5.32 Å². The Bertz CT molecular complexity index is 651. The van der Waals surface area contributed by atoms with Crippen molar-refractivity contribution in [1.29, 1.82) is 5.26 Å². The van der Waals surface area contributed by atoms with Gasteiger partial charge in [0, 0.05) is 23.6 Å². The highest BCUT2D eigenvalue weighted by Gasteiger charge is 2.40. The summed E-state index contributed by atoms with van der Waals surface area (Å²) in [4.78, 5) is 12.7. The molecule has 0 aromatic heterocycles. The molecule has 2 unspecified atom stereocenters. The molecule has 0 spiro atoms. The Labute approximate surface area is 132 Å². The maximum Gasteiger partial charge on any atom is 0.417 e. The molecule has 0 saturated carbocycles. The lowest BCUT2D eigenvalue weighted by Gasteiger charge is -2.40. The number of benzene rings is 1. The molecule has 3 rings (SSSR count). The summed E-state index contributed by atoms with van der Waals surface area (Å²) in [5.41, 5.74) is -1.39. The number of ketones is 1. The second kappa shape index (κ2) is 5.97. The van der Waals surface area contributed by atoms with Crippen molar-refractivity contribution in [3.05, 3.63) is 34.9 Å². The molecule has 2 fully saturated rings. The molecule has 23 heavy (non-hydrogen) atoms. The zero-order valence-electron chi connectivity index (χ0n) is 12.5. The monoisotopic (exact) mass is 322 g/mol. The minimum absolute atomic E-state index is 0.0870.